The van der Waals surface area contributed by atoms with Crippen LogP contribution in [0, 0.1) is 11.3 Å². The second kappa shape index (κ2) is 3.95. The van der Waals surface area contributed by atoms with Crippen LogP contribution >= 0.6 is 6.64 Å². The molecule has 5 heteroatoms. The van der Waals surface area contributed by atoms with Gasteiger partial charge in [-0.15, -0.1) is 0 Å². The van der Waals surface area contributed by atoms with Crippen molar-refractivity contribution < 1.29 is 9.05 Å². The fourth-order valence-corrected chi connectivity index (χ4v) is 2.74. The molecule has 1 rings (SSSR count). The van der Waals surface area contributed by atoms with Crippen molar-refractivity contribution in [3.8, 4) is 0 Å². The molecule has 1 fully saturated rings. The minimum absolute atomic E-state index is 0.265. The van der Waals surface area contributed by atoms with Crippen LogP contribution in [0.4, 0.5) is 0 Å². The number of rotatable bonds is 1. The second-order valence-corrected chi connectivity index (χ2v) is 7.78. The Balaban J connectivity index is 2.53. The van der Waals surface area contributed by atoms with Crippen molar-refractivity contribution in [3.63, 3.8) is 0 Å². The highest BCUT2D eigenvalue weighted by Gasteiger charge is 2.33. The molecule has 0 bridgehead atoms. The number of hydrogen-bond acceptors (Lipinski definition) is 3. The summed E-state index contributed by atoms with van der Waals surface area (Å²) in [6.07, 6.45) is 0. The van der Waals surface area contributed by atoms with Gasteiger partial charge in [-0.3, -0.25) is 0 Å². The normalized spacial score (nSPS) is 36.2. The van der Waals surface area contributed by atoms with Gasteiger partial charge in [0.15, 0.2) is 0 Å². The highest BCUT2D eigenvalue weighted by Crippen LogP contribution is 2.48. The van der Waals surface area contributed by atoms with Crippen LogP contribution in [0.2, 0.25) is 0 Å². The molecule has 0 saturated carbocycles. The molecule has 1 aliphatic rings. The first-order valence-corrected chi connectivity index (χ1v) is 7.07. The Bertz CT molecular complexity index is 215. The highest BCUT2D eigenvalue weighted by molar-refractivity contribution is 8.09. The summed E-state index contributed by atoms with van der Waals surface area (Å²) >= 11 is 5.19. The van der Waals surface area contributed by atoms with Crippen LogP contribution in [0.5, 0.6) is 0 Å². The maximum Gasteiger partial charge on any atom is 0.260 e. The predicted molar refractivity (Wildman–Crippen MR) is 58.2 cm³/mol. The standard InChI is InChI=1S/C8H18NO2PS/c1-8(2,3)7-5-9-12(13,10-4)11-6-7/h7H,5-6H2,1-4H3,(H,9,13)/t7-,12-/m1/s1. The molecule has 0 unspecified atom stereocenters. The van der Waals surface area contributed by atoms with E-state index in [2.05, 4.69) is 25.9 Å². The largest absolute Gasteiger partial charge is 0.321 e. The van der Waals surface area contributed by atoms with Gasteiger partial charge in [0.2, 0.25) is 0 Å². The second-order valence-electron chi connectivity index (χ2n) is 4.40. The minimum atomic E-state index is -2.12. The van der Waals surface area contributed by atoms with E-state index in [1.54, 1.807) is 7.11 Å². The van der Waals surface area contributed by atoms with Gasteiger partial charge in [0, 0.05) is 19.6 Å². The van der Waals surface area contributed by atoms with Crippen LogP contribution in [-0.4, -0.2) is 20.3 Å². The van der Waals surface area contributed by atoms with E-state index in [4.69, 9.17) is 20.9 Å². The van der Waals surface area contributed by atoms with Gasteiger partial charge in [-0.2, -0.15) is 0 Å². The first-order chi connectivity index (χ1) is 5.87. The quantitative estimate of drug-likeness (QED) is 0.690. The van der Waals surface area contributed by atoms with Crippen molar-refractivity contribution in [2.75, 3.05) is 20.3 Å². The number of nitrogens with one attached hydrogen (secondary N) is 1. The Kier molecular flexibility index (Phi) is 3.53. The molecule has 3 nitrogen and oxygen atoms in total. The van der Waals surface area contributed by atoms with E-state index in [-0.39, 0.29) is 5.41 Å². The lowest BCUT2D eigenvalue weighted by Gasteiger charge is -2.38. The van der Waals surface area contributed by atoms with Crippen LogP contribution in [0.15, 0.2) is 0 Å². The lowest BCUT2D eigenvalue weighted by Crippen LogP contribution is -2.38. The minimum Gasteiger partial charge on any atom is -0.321 e. The van der Waals surface area contributed by atoms with Gasteiger partial charge in [0.25, 0.3) is 6.64 Å². The molecule has 78 valence electrons. The summed E-state index contributed by atoms with van der Waals surface area (Å²) < 4.78 is 10.7. The van der Waals surface area contributed by atoms with E-state index in [9.17, 15) is 0 Å². The zero-order chi connectivity index (χ0) is 10.1. The smallest absolute Gasteiger partial charge is 0.260 e. The Morgan fingerprint density at radius 2 is 2.15 bits per heavy atom. The van der Waals surface area contributed by atoms with Gasteiger partial charge in [-0.1, -0.05) is 20.8 Å². The van der Waals surface area contributed by atoms with Crippen molar-refractivity contribution in [1.29, 1.82) is 0 Å². The van der Waals surface area contributed by atoms with Gasteiger partial charge >= 0.3 is 0 Å². The van der Waals surface area contributed by atoms with E-state index in [1.807, 2.05) is 0 Å². The summed E-state index contributed by atoms with van der Waals surface area (Å²) in [4.78, 5) is 0. The summed E-state index contributed by atoms with van der Waals surface area (Å²) in [5.74, 6) is 0.513. The van der Waals surface area contributed by atoms with E-state index in [0.29, 0.717) is 12.5 Å². The predicted octanol–water partition coefficient (Wildman–Crippen LogP) is 2.14. The molecule has 1 saturated heterocycles. The van der Waals surface area contributed by atoms with Gasteiger partial charge in [-0.25, -0.2) is 5.09 Å². The van der Waals surface area contributed by atoms with Gasteiger partial charge in [-0.05, 0) is 17.2 Å². The highest BCUT2D eigenvalue weighted by atomic mass is 32.5. The Morgan fingerprint density at radius 1 is 1.54 bits per heavy atom. The third-order valence-electron chi connectivity index (χ3n) is 2.44. The van der Waals surface area contributed by atoms with E-state index in [0.717, 1.165) is 6.54 Å². The van der Waals surface area contributed by atoms with Crippen molar-refractivity contribution >= 4 is 18.4 Å². The molecule has 0 radical (unpaired) electrons. The average molecular weight is 223 g/mol. The SMILES string of the molecule is CO[P@]1(=S)NC[C@@H](C(C)(C)C)CO1. The molecular formula is C8H18NO2PS. The van der Waals surface area contributed by atoms with Crippen molar-refractivity contribution in [3.05, 3.63) is 0 Å². The fourth-order valence-electron chi connectivity index (χ4n) is 1.19. The molecule has 0 aliphatic carbocycles. The Hall–Kier alpha value is 0.530. The molecule has 2 atom stereocenters. The summed E-state index contributed by atoms with van der Waals surface area (Å²) in [5, 5.41) is 3.18. The molecular weight excluding hydrogens is 205 g/mol. The summed E-state index contributed by atoms with van der Waals surface area (Å²) in [7, 11) is 1.60. The van der Waals surface area contributed by atoms with Crippen LogP contribution in [0.1, 0.15) is 20.8 Å². The van der Waals surface area contributed by atoms with Crippen molar-refractivity contribution in [2.24, 2.45) is 11.3 Å². The first kappa shape index (κ1) is 11.6. The Morgan fingerprint density at radius 3 is 2.46 bits per heavy atom. The van der Waals surface area contributed by atoms with Gasteiger partial charge in [0.1, 0.15) is 0 Å². The molecule has 0 aromatic heterocycles. The van der Waals surface area contributed by atoms with Gasteiger partial charge in [0.05, 0.1) is 6.61 Å². The molecule has 1 aliphatic heterocycles. The van der Waals surface area contributed by atoms with Crippen LogP contribution < -0.4 is 5.09 Å². The maximum atomic E-state index is 5.55. The zero-order valence-corrected chi connectivity index (χ0v) is 10.4. The van der Waals surface area contributed by atoms with Crippen LogP contribution in [0.3, 0.4) is 0 Å². The van der Waals surface area contributed by atoms with Crippen molar-refractivity contribution in [1.82, 2.24) is 5.09 Å². The third kappa shape index (κ3) is 3.00. The molecule has 1 N–H and O–H groups in total. The summed E-state index contributed by atoms with van der Waals surface area (Å²) in [6, 6.07) is 0. The van der Waals surface area contributed by atoms with Crippen LogP contribution in [-0.2, 0) is 20.9 Å². The van der Waals surface area contributed by atoms with E-state index >= 15 is 0 Å². The Labute approximate surface area is 85.4 Å². The van der Waals surface area contributed by atoms with Crippen LogP contribution in [0.25, 0.3) is 0 Å². The maximum absolute atomic E-state index is 5.55. The van der Waals surface area contributed by atoms with Gasteiger partial charge < -0.3 is 9.05 Å². The first-order valence-electron chi connectivity index (χ1n) is 4.43. The number of hydrogen-bond donors (Lipinski definition) is 1. The van der Waals surface area contributed by atoms with E-state index < -0.39 is 6.64 Å². The zero-order valence-electron chi connectivity index (χ0n) is 8.66. The summed E-state index contributed by atoms with van der Waals surface area (Å²) in [6.45, 7) is 6.13. The van der Waals surface area contributed by atoms with E-state index in [1.165, 1.54) is 0 Å². The lowest BCUT2D eigenvalue weighted by atomic mass is 9.81. The summed E-state index contributed by atoms with van der Waals surface area (Å²) in [5.41, 5.74) is 0.265. The molecule has 0 aromatic carbocycles. The topological polar surface area (TPSA) is 30.5 Å². The fraction of sp³-hybridized carbons (Fsp3) is 1.00. The van der Waals surface area contributed by atoms with Crippen molar-refractivity contribution in [2.45, 2.75) is 20.8 Å². The monoisotopic (exact) mass is 223 g/mol. The molecule has 0 amide bonds. The molecule has 13 heavy (non-hydrogen) atoms. The molecule has 1 heterocycles. The third-order valence-corrected chi connectivity index (χ3v) is 5.13. The molecule has 0 spiro atoms. The lowest BCUT2D eigenvalue weighted by molar-refractivity contribution is 0.120. The molecule has 0 aromatic rings. The average Bonchev–Trinajstić information content (AvgIpc) is 2.04.